The Labute approximate surface area is 197 Å². The van der Waals surface area contributed by atoms with Crippen LogP contribution in [0.25, 0.3) is 0 Å². The van der Waals surface area contributed by atoms with Gasteiger partial charge in [0.2, 0.25) is 0 Å². The fourth-order valence-electron chi connectivity index (χ4n) is 6.86. The van der Waals surface area contributed by atoms with E-state index in [4.69, 9.17) is 9.47 Å². The van der Waals surface area contributed by atoms with E-state index >= 15 is 0 Å². The van der Waals surface area contributed by atoms with Gasteiger partial charge in [-0.1, -0.05) is 45.6 Å². The van der Waals surface area contributed by atoms with Crippen LogP contribution in [-0.4, -0.2) is 19.3 Å². The molecule has 180 valence electrons. The number of rotatable bonds is 11. The van der Waals surface area contributed by atoms with E-state index < -0.39 is 0 Å². The third-order valence-electron chi connectivity index (χ3n) is 8.83. The van der Waals surface area contributed by atoms with Crippen molar-refractivity contribution in [3.63, 3.8) is 0 Å². The Balaban J connectivity index is 1.23. The zero-order chi connectivity index (χ0) is 22.2. The van der Waals surface area contributed by atoms with Crippen molar-refractivity contribution in [2.75, 3.05) is 13.2 Å². The molecule has 0 N–H and O–H groups in total. The molecule has 2 fully saturated rings. The molecule has 2 nitrogen and oxygen atoms in total. The highest BCUT2D eigenvalue weighted by atomic mass is 16.5. The summed E-state index contributed by atoms with van der Waals surface area (Å²) in [6, 6.07) is 6.95. The van der Waals surface area contributed by atoms with Crippen molar-refractivity contribution < 1.29 is 9.47 Å². The van der Waals surface area contributed by atoms with E-state index in [0.717, 1.165) is 42.6 Å². The molecule has 2 saturated carbocycles. The van der Waals surface area contributed by atoms with Crippen LogP contribution in [0.4, 0.5) is 0 Å². The van der Waals surface area contributed by atoms with E-state index in [1.807, 2.05) is 0 Å². The van der Waals surface area contributed by atoms with Crippen molar-refractivity contribution in [3.05, 3.63) is 29.3 Å². The topological polar surface area (TPSA) is 18.5 Å². The fraction of sp³-hybridized carbons (Fsp3) is 0.800. The van der Waals surface area contributed by atoms with Gasteiger partial charge in [0.05, 0.1) is 12.7 Å². The summed E-state index contributed by atoms with van der Waals surface area (Å²) >= 11 is 0. The molecule has 0 aromatic heterocycles. The minimum Gasteiger partial charge on any atom is -0.494 e. The summed E-state index contributed by atoms with van der Waals surface area (Å²) in [6.07, 6.45) is 20.5. The quantitative estimate of drug-likeness (QED) is 0.323. The Bertz CT molecular complexity index is 683. The Hall–Kier alpha value is -1.02. The van der Waals surface area contributed by atoms with Gasteiger partial charge in [-0.15, -0.1) is 0 Å². The van der Waals surface area contributed by atoms with Crippen LogP contribution in [0, 0.1) is 23.7 Å². The second kappa shape index (κ2) is 12.4. The van der Waals surface area contributed by atoms with E-state index in [1.54, 1.807) is 11.1 Å². The minimum atomic E-state index is 0.560. The van der Waals surface area contributed by atoms with Gasteiger partial charge in [-0.25, -0.2) is 0 Å². The molecule has 3 aliphatic carbocycles. The monoisotopic (exact) mass is 440 g/mol. The lowest BCUT2D eigenvalue weighted by molar-refractivity contribution is -0.0249. The molecule has 1 aromatic carbocycles. The average molecular weight is 441 g/mol. The summed E-state index contributed by atoms with van der Waals surface area (Å²) in [5, 5.41) is 0. The molecule has 0 amide bonds. The first-order chi connectivity index (χ1) is 15.8. The van der Waals surface area contributed by atoms with Crippen molar-refractivity contribution in [2.45, 2.75) is 116 Å². The van der Waals surface area contributed by atoms with Gasteiger partial charge in [0.15, 0.2) is 0 Å². The Morgan fingerprint density at radius 2 is 1.44 bits per heavy atom. The lowest BCUT2D eigenvalue weighted by Gasteiger charge is -2.45. The van der Waals surface area contributed by atoms with Crippen molar-refractivity contribution in [1.82, 2.24) is 0 Å². The van der Waals surface area contributed by atoms with Gasteiger partial charge in [0, 0.05) is 6.61 Å². The number of fused-ring (bicyclic) bond motifs is 2. The van der Waals surface area contributed by atoms with Crippen LogP contribution in [0.15, 0.2) is 18.2 Å². The molecule has 4 rings (SSSR count). The Kier molecular flexibility index (Phi) is 9.38. The zero-order valence-corrected chi connectivity index (χ0v) is 21.0. The molecular formula is C30H48O2. The molecule has 0 radical (unpaired) electrons. The highest BCUT2D eigenvalue weighted by Gasteiger charge is 2.38. The van der Waals surface area contributed by atoms with Crippen LogP contribution in [0.5, 0.6) is 5.75 Å². The second-order valence-electron chi connectivity index (χ2n) is 11.1. The van der Waals surface area contributed by atoms with Gasteiger partial charge in [0.1, 0.15) is 5.75 Å². The van der Waals surface area contributed by atoms with Crippen LogP contribution >= 0.6 is 0 Å². The van der Waals surface area contributed by atoms with Gasteiger partial charge in [-0.2, -0.15) is 0 Å². The van der Waals surface area contributed by atoms with E-state index in [9.17, 15) is 0 Å². The van der Waals surface area contributed by atoms with Gasteiger partial charge in [-0.05, 0) is 118 Å². The van der Waals surface area contributed by atoms with Crippen LogP contribution in [-0.2, 0) is 17.6 Å². The molecule has 0 saturated heterocycles. The lowest BCUT2D eigenvalue weighted by atomic mass is 9.62. The van der Waals surface area contributed by atoms with Gasteiger partial charge in [0.25, 0.3) is 0 Å². The summed E-state index contributed by atoms with van der Waals surface area (Å²) in [5.41, 5.74) is 3.16. The van der Waals surface area contributed by atoms with Gasteiger partial charge >= 0.3 is 0 Å². The van der Waals surface area contributed by atoms with Crippen molar-refractivity contribution in [1.29, 1.82) is 0 Å². The standard InChI is InChI=1S/C30H48O2/c1-3-5-7-17-31-29-15-13-25-19-23(9-11-27(25)21-29)24-10-12-28-22-30(16-14-26(28)20-24)32-18-8-6-4-2/h13,15,21,23-24,26,28,30H,3-12,14,16-20,22H2,1-2H3/t23?,24?,26-,28?,30-/m1/s1. The Morgan fingerprint density at radius 1 is 0.719 bits per heavy atom. The maximum Gasteiger partial charge on any atom is 0.119 e. The minimum absolute atomic E-state index is 0.560. The number of hydrogen-bond acceptors (Lipinski definition) is 2. The SMILES string of the molecule is CCCCCOc1ccc2c(c1)CCC(C1CCC3C[C@H](OCCCCC)CC[C@@H]3C1)C2. The maximum atomic E-state index is 6.25. The highest BCUT2D eigenvalue weighted by Crippen LogP contribution is 2.47. The zero-order valence-electron chi connectivity index (χ0n) is 21.0. The van der Waals surface area contributed by atoms with E-state index in [-0.39, 0.29) is 0 Å². The fourth-order valence-corrected chi connectivity index (χ4v) is 6.86. The van der Waals surface area contributed by atoms with E-state index in [2.05, 4.69) is 32.0 Å². The molecule has 5 atom stereocenters. The lowest BCUT2D eigenvalue weighted by Crippen LogP contribution is -2.37. The maximum absolute atomic E-state index is 6.25. The first kappa shape index (κ1) is 24.1. The molecular weight excluding hydrogens is 392 g/mol. The number of unbranched alkanes of at least 4 members (excludes halogenated alkanes) is 4. The molecule has 3 aliphatic rings. The summed E-state index contributed by atoms with van der Waals surface area (Å²) < 4.78 is 12.3. The number of hydrogen-bond donors (Lipinski definition) is 0. The third-order valence-corrected chi connectivity index (χ3v) is 8.83. The summed E-state index contributed by atoms with van der Waals surface area (Å²) in [7, 11) is 0. The highest BCUT2D eigenvalue weighted by molar-refractivity contribution is 5.37. The smallest absolute Gasteiger partial charge is 0.119 e. The first-order valence-electron chi connectivity index (χ1n) is 14.1. The van der Waals surface area contributed by atoms with Gasteiger partial charge < -0.3 is 9.47 Å². The molecule has 0 heterocycles. The predicted molar refractivity (Wildman–Crippen MR) is 134 cm³/mol. The molecule has 32 heavy (non-hydrogen) atoms. The number of ether oxygens (including phenoxy) is 2. The Morgan fingerprint density at radius 3 is 2.25 bits per heavy atom. The van der Waals surface area contributed by atoms with Crippen molar-refractivity contribution in [2.24, 2.45) is 23.7 Å². The van der Waals surface area contributed by atoms with E-state index in [1.165, 1.54) is 96.3 Å². The normalized spacial score (nSPS) is 29.9. The van der Waals surface area contributed by atoms with Gasteiger partial charge in [-0.3, -0.25) is 0 Å². The largest absolute Gasteiger partial charge is 0.494 e. The molecule has 3 unspecified atom stereocenters. The van der Waals surface area contributed by atoms with Crippen LogP contribution < -0.4 is 4.74 Å². The van der Waals surface area contributed by atoms with Crippen molar-refractivity contribution >= 4 is 0 Å². The number of aryl methyl sites for hydroxylation is 1. The molecule has 2 heteroatoms. The van der Waals surface area contributed by atoms with E-state index in [0.29, 0.717) is 6.10 Å². The number of benzene rings is 1. The molecule has 0 bridgehead atoms. The molecule has 1 aromatic rings. The molecule has 0 spiro atoms. The summed E-state index contributed by atoms with van der Waals surface area (Å²) in [6.45, 7) is 6.38. The second-order valence-corrected chi connectivity index (χ2v) is 11.1. The first-order valence-corrected chi connectivity index (χ1v) is 14.1. The van der Waals surface area contributed by atoms with Crippen LogP contribution in [0.2, 0.25) is 0 Å². The third kappa shape index (κ3) is 6.52. The van der Waals surface area contributed by atoms with Crippen molar-refractivity contribution in [3.8, 4) is 5.75 Å². The van der Waals surface area contributed by atoms with Crippen LogP contribution in [0.3, 0.4) is 0 Å². The molecule has 0 aliphatic heterocycles. The van der Waals surface area contributed by atoms with Crippen LogP contribution in [0.1, 0.15) is 108 Å². The average Bonchev–Trinajstić information content (AvgIpc) is 2.84. The predicted octanol–water partition coefficient (Wildman–Crippen LogP) is 8.15. The summed E-state index contributed by atoms with van der Waals surface area (Å²) in [5.74, 6) is 4.87. The summed E-state index contributed by atoms with van der Waals surface area (Å²) in [4.78, 5) is 0.